The minimum atomic E-state index is -0.445. The van der Waals surface area contributed by atoms with Gasteiger partial charge in [0.15, 0.2) is 0 Å². The number of hydrogen-bond donors (Lipinski definition) is 1. The lowest BCUT2D eigenvalue weighted by molar-refractivity contribution is -0.115. The highest BCUT2D eigenvalue weighted by atomic mass is 35.5. The van der Waals surface area contributed by atoms with Crippen LogP contribution in [0.25, 0.3) is 0 Å². The lowest BCUT2D eigenvalue weighted by atomic mass is 9.71. The summed E-state index contributed by atoms with van der Waals surface area (Å²) in [7, 11) is 1.54. The zero-order valence-electron chi connectivity index (χ0n) is 19.5. The van der Waals surface area contributed by atoms with Crippen LogP contribution in [0.15, 0.2) is 23.2 Å². The van der Waals surface area contributed by atoms with Gasteiger partial charge in [-0.05, 0) is 67.7 Å². The fourth-order valence-electron chi connectivity index (χ4n) is 3.94. The zero-order chi connectivity index (χ0) is 23.6. The Kier molecular flexibility index (Phi) is 7.42. The molecule has 5 nitrogen and oxygen atoms in total. The molecule has 1 aliphatic rings. The summed E-state index contributed by atoms with van der Waals surface area (Å²) in [6, 6.07) is 7.73. The van der Waals surface area contributed by atoms with Gasteiger partial charge in [0, 0.05) is 16.8 Å². The molecule has 1 aromatic carbocycles. The molecule has 0 fully saturated rings. The molecule has 1 aromatic heterocycles. The van der Waals surface area contributed by atoms with Crippen LogP contribution in [0.4, 0.5) is 5.69 Å². The number of aromatic nitrogens is 1. The minimum absolute atomic E-state index is 0.189. The number of carbonyl (C=O) groups is 1. The topological polar surface area (TPSA) is 75.0 Å². The van der Waals surface area contributed by atoms with Crippen LogP contribution in [0, 0.1) is 29.6 Å². The molecule has 3 rings (SSSR count). The molecule has 1 aliphatic carbocycles. The van der Waals surface area contributed by atoms with Gasteiger partial charge in [-0.1, -0.05) is 44.1 Å². The monoisotopic (exact) mass is 471 g/mol. The number of hydrogen-bond acceptors (Lipinski definition) is 5. The van der Waals surface area contributed by atoms with Crippen molar-refractivity contribution >= 4 is 35.0 Å². The first-order valence-electron chi connectivity index (χ1n) is 10.8. The number of rotatable bonds is 5. The van der Waals surface area contributed by atoms with E-state index in [1.807, 2.05) is 19.9 Å². The highest BCUT2D eigenvalue weighted by Gasteiger charge is 2.30. The van der Waals surface area contributed by atoms with Crippen molar-refractivity contribution in [2.45, 2.75) is 64.2 Å². The third-order valence-electron chi connectivity index (χ3n) is 6.09. The average molecular weight is 472 g/mol. The molecule has 170 valence electrons. The van der Waals surface area contributed by atoms with Gasteiger partial charge in [-0.3, -0.25) is 4.79 Å². The van der Waals surface area contributed by atoms with Crippen LogP contribution in [-0.2, 0) is 17.6 Å². The number of ether oxygens (including phenoxy) is 1. The zero-order valence-corrected chi connectivity index (χ0v) is 21.1. The fourth-order valence-corrected chi connectivity index (χ4v) is 4.99. The third kappa shape index (κ3) is 5.39. The van der Waals surface area contributed by atoms with E-state index in [9.17, 15) is 10.1 Å². The summed E-state index contributed by atoms with van der Waals surface area (Å²) in [6.07, 6.45) is 2.93. The fraction of sp³-hybridized carbons (Fsp3) is 0.480. The van der Waals surface area contributed by atoms with E-state index in [0.29, 0.717) is 33.0 Å². The van der Waals surface area contributed by atoms with Crippen molar-refractivity contribution in [1.29, 1.82) is 5.26 Å². The number of nitriles is 1. The largest absolute Gasteiger partial charge is 0.495 e. The van der Waals surface area contributed by atoms with Crippen LogP contribution >= 0.6 is 23.4 Å². The first kappa shape index (κ1) is 24.4. The first-order chi connectivity index (χ1) is 15.0. The van der Waals surface area contributed by atoms with Gasteiger partial charge in [-0.2, -0.15) is 5.26 Å². The van der Waals surface area contributed by atoms with Crippen molar-refractivity contribution in [2.75, 3.05) is 12.4 Å². The van der Waals surface area contributed by atoms with E-state index in [1.165, 1.54) is 18.9 Å². The van der Waals surface area contributed by atoms with Crippen molar-refractivity contribution < 1.29 is 9.53 Å². The van der Waals surface area contributed by atoms with Crippen LogP contribution in [0.2, 0.25) is 5.02 Å². The van der Waals surface area contributed by atoms with E-state index in [0.717, 1.165) is 36.1 Å². The highest BCUT2D eigenvalue weighted by Crippen LogP contribution is 2.39. The number of nitrogens with zero attached hydrogens (tertiary/aromatic N) is 2. The molecule has 0 saturated heterocycles. The molecular formula is C25H30ClN3O2S. The van der Waals surface area contributed by atoms with Gasteiger partial charge in [0.1, 0.15) is 16.8 Å². The van der Waals surface area contributed by atoms with Crippen LogP contribution in [0.1, 0.15) is 56.5 Å². The first-order valence-corrected chi connectivity index (χ1v) is 12.0. The molecule has 1 amide bonds. The van der Waals surface area contributed by atoms with Gasteiger partial charge in [-0.15, -0.1) is 0 Å². The van der Waals surface area contributed by atoms with E-state index < -0.39 is 5.25 Å². The molecule has 0 aliphatic heterocycles. The molecule has 1 heterocycles. The molecule has 7 heteroatoms. The van der Waals surface area contributed by atoms with E-state index >= 15 is 0 Å². The molecular weight excluding hydrogens is 442 g/mol. The molecule has 32 heavy (non-hydrogen) atoms. The van der Waals surface area contributed by atoms with Gasteiger partial charge in [-0.25, -0.2) is 4.98 Å². The Balaban J connectivity index is 1.78. The summed E-state index contributed by atoms with van der Waals surface area (Å²) in [5.41, 5.74) is 4.39. The number of pyridine rings is 1. The molecule has 1 N–H and O–H groups in total. The number of carbonyl (C=O) groups excluding carboxylic acids is 1. The number of fused-ring (bicyclic) bond motifs is 1. The Hall–Kier alpha value is -2.23. The molecule has 0 radical (unpaired) electrons. The summed E-state index contributed by atoms with van der Waals surface area (Å²) < 4.78 is 5.35. The van der Waals surface area contributed by atoms with Gasteiger partial charge < -0.3 is 10.1 Å². The predicted molar refractivity (Wildman–Crippen MR) is 131 cm³/mol. The number of amides is 1. The summed E-state index contributed by atoms with van der Waals surface area (Å²) in [5, 5.41) is 13.4. The Morgan fingerprint density at radius 2 is 2.09 bits per heavy atom. The molecule has 0 saturated carbocycles. The SMILES string of the molecule is COc1cc(Cl)c(C)cc1NC(=O)C(C)Sc1nc2c(cc1C#N)CC(C(C)(C)C)CC2. The number of thioether (sulfide) groups is 1. The van der Waals surface area contributed by atoms with Gasteiger partial charge in [0.2, 0.25) is 5.91 Å². The minimum Gasteiger partial charge on any atom is -0.495 e. The predicted octanol–water partition coefficient (Wildman–Crippen LogP) is 6.19. The van der Waals surface area contributed by atoms with E-state index in [-0.39, 0.29) is 11.3 Å². The van der Waals surface area contributed by atoms with E-state index in [2.05, 4.69) is 32.2 Å². The second-order valence-corrected chi connectivity index (χ2v) is 11.2. The van der Waals surface area contributed by atoms with Crippen LogP contribution in [0.3, 0.4) is 0 Å². The Labute approximate surface area is 199 Å². The normalized spacial score (nSPS) is 16.6. The van der Waals surface area contributed by atoms with Crippen molar-refractivity contribution in [3.63, 3.8) is 0 Å². The number of nitrogens with one attached hydrogen (secondary N) is 1. The number of methoxy groups -OCH3 is 1. The molecule has 0 bridgehead atoms. The van der Waals surface area contributed by atoms with Crippen LogP contribution in [0.5, 0.6) is 5.75 Å². The second kappa shape index (κ2) is 9.72. The van der Waals surface area contributed by atoms with Crippen molar-refractivity contribution in [1.82, 2.24) is 4.98 Å². The summed E-state index contributed by atoms with van der Waals surface area (Å²) in [5.74, 6) is 0.889. The van der Waals surface area contributed by atoms with Crippen molar-refractivity contribution in [3.05, 3.63) is 45.6 Å². The van der Waals surface area contributed by atoms with Crippen LogP contribution in [-0.4, -0.2) is 23.3 Å². The maximum atomic E-state index is 12.9. The smallest absolute Gasteiger partial charge is 0.237 e. The van der Waals surface area contributed by atoms with Gasteiger partial charge in [0.05, 0.1) is 23.6 Å². The number of benzene rings is 1. The maximum absolute atomic E-state index is 12.9. The summed E-state index contributed by atoms with van der Waals surface area (Å²) >= 11 is 7.47. The average Bonchev–Trinajstić information content (AvgIpc) is 2.74. The molecule has 0 spiro atoms. The standard InChI is InChI=1S/C25H30ClN3O2S/c1-14-9-21(22(31-6)12-19(14)26)28-23(30)15(2)32-24-17(13-27)10-16-11-18(25(3,4)5)7-8-20(16)29-24/h9-10,12,15,18H,7-8,11H2,1-6H3,(H,28,30). The lowest BCUT2D eigenvalue weighted by Crippen LogP contribution is -2.28. The highest BCUT2D eigenvalue weighted by molar-refractivity contribution is 8.00. The number of aryl methyl sites for hydroxylation is 2. The Morgan fingerprint density at radius 3 is 2.72 bits per heavy atom. The second-order valence-electron chi connectivity index (χ2n) is 9.42. The van der Waals surface area contributed by atoms with Crippen molar-refractivity contribution in [3.8, 4) is 11.8 Å². The number of halogens is 1. The Morgan fingerprint density at radius 1 is 1.38 bits per heavy atom. The van der Waals surface area contributed by atoms with E-state index in [1.54, 1.807) is 12.1 Å². The van der Waals surface area contributed by atoms with E-state index in [4.69, 9.17) is 21.3 Å². The van der Waals surface area contributed by atoms with Gasteiger partial charge >= 0.3 is 0 Å². The third-order valence-corrected chi connectivity index (χ3v) is 7.60. The summed E-state index contributed by atoms with van der Waals surface area (Å²) in [4.78, 5) is 17.7. The Bertz CT molecular complexity index is 1070. The molecule has 2 aromatic rings. The number of anilines is 1. The van der Waals surface area contributed by atoms with Crippen LogP contribution < -0.4 is 10.1 Å². The molecule has 2 atom stereocenters. The molecule has 2 unspecified atom stereocenters. The lowest BCUT2D eigenvalue weighted by Gasteiger charge is -2.34. The van der Waals surface area contributed by atoms with Crippen molar-refractivity contribution in [2.24, 2.45) is 11.3 Å². The summed E-state index contributed by atoms with van der Waals surface area (Å²) in [6.45, 7) is 10.5. The maximum Gasteiger partial charge on any atom is 0.237 e. The quantitative estimate of drug-likeness (QED) is 0.526. The van der Waals surface area contributed by atoms with Gasteiger partial charge in [0.25, 0.3) is 0 Å².